The van der Waals surface area contributed by atoms with Crippen molar-refractivity contribution in [2.24, 2.45) is 5.41 Å². The average molecular weight is 760 g/mol. The van der Waals surface area contributed by atoms with Gasteiger partial charge in [0.25, 0.3) is 5.56 Å². The molecule has 8 N–H and O–H groups in total. The molecule has 1 aromatic rings. The van der Waals surface area contributed by atoms with Crippen molar-refractivity contribution in [2.75, 3.05) is 54.1 Å². The van der Waals surface area contributed by atoms with Crippen LogP contribution in [0.1, 0.15) is 31.4 Å². The van der Waals surface area contributed by atoms with Gasteiger partial charge in [0.15, 0.2) is 11.5 Å². The van der Waals surface area contributed by atoms with Crippen molar-refractivity contribution in [1.29, 1.82) is 0 Å². The second-order valence-corrected chi connectivity index (χ2v) is 13.3. The number of nitrogens with one attached hydrogen (secondary N) is 2. The van der Waals surface area contributed by atoms with Gasteiger partial charge in [-0.1, -0.05) is 13.8 Å². The van der Waals surface area contributed by atoms with Crippen molar-refractivity contribution in [2.45, 2.75) is 65.1 Å². The van der Waals surface area contributed by atoms with Crippen molar-refractivity contribution in [1.82, 2.24) is 24.8 Å². The number of nitrogens with zero attached hydrogens (tertiary/aromatic N) is 4. The first-order chi connectivity index (χ1) is 22.2. The summed E-state index contributed by atoms with van der Waals surface area (Å²) in [5.74, 6) is -1.04. The molecule has 50 heavy (non-hydrogen) atoms. The van der Waals surface area contributed by atoms with Crippen LogP contribution in [-0.4, -0.2) is 183 Å². The topological polar surface area (TPSA) is 257 Å². The number of aliphatic hydroxyl groups excluding tert-OH is 6. The molecular formula is C31H52CaClN6O11+. The quantitative estimate of drug-likeness (QED) is 0.0351. The summed E-state index contributed by atoms with van der Waals surface area (Å²) in [6.45, 7) is 6.71. The number of H-pyrrole nitrogens is 1. The molecule has 0 fully saturated rings. The van der Waals surface area contributed by atoms with Crippen LogP contribution in [0.3, 0.4) is 0 Å². The second kappa shape index (κ2) is 20.7. The monoisotopic (exact) mass is 759 g/mol. The van der Waals surface area contributed by atoms with E-state index in [1.54, 1.807) is 26.0 Å². The summed E-state index contributed by atoms with van der Waals surface area (Å²) in [6.07, 6.45) is -5.95. The molecule has 0 saturated carbocycles. The molecule has 1 aromatic carbocycles. The van der Waals surface area contributed by atoms with Crippen molar-refractivity contribution in [3.8, 4) is 11.5 Å². The van der Waals surface area contributed by atoms with Crippen molar-refractivity contribution in [3.63, 3.8) is 0 Å². The first-order valence-electron chi connectivity index (χ1n) is 15.3. The molecule has 3 rings (SSSR count). The summed E-state index contributed by atoms with van der Waals surface area (Å²) < 4.78 is 7.14. The van der Waals surface area contributed by atoms with E-state index in [1.807, 2.05) is 35.0 Å². The SMILES string of the molecule is CC(C)(CO)[C@@H](O)C(=O)NCCC(=O)OCC[N+](C)(C)C.Cc1cc2nc3c(=O)[nH]c(=O)nc-3n(C[C@H](O)[C@H](O)[C@H](O)CO)c2cc1C.Cl.[CaH2]. The third-order valence-corrected chi connectivity index (χ3v) is 7.62. The summed E-state index contributed by atoms with van der Waals surface area (Å²) in [4.78, 5) is 57.1. The van der Waals surface area contributed by atoms with Crippen LogP contribution in [0.5, 0.6) is 0 Å². The zero-order valence-electron chi connectivity index (χ0n) is 28.8. The number of carbonyl (C=O) groups excluding carboxylic acids is 2. The van der Waals surface area contributed by atoms with Crippen LogP contribution >= 0.6 is 12.4 Å². The Hall–Kier alpha value is -2.29. The summed E-state index contributed by atoms with van der Waals surface area (Å²) in [7, 11) is 6.00. The Bertz CT molecular complexity index is 1650. The molecule has 1 amide bonds. The van der Waals surface area contributed by atoms with Crippen LogP contribution in [0, 0.1) is 19.3 Å². The van der Waals surface area contributed by atoms with Crippen LogP contribution in [-0.2, 0) is 20.9 Å². The molecule has 280 valence electrons. The predicted octanol–water partition coefficient (Wildman–Crippen LogP) is -3.10. The number of aryl methyl sites for hydroxylation is 2. The summed E-state index contributed by atoms with van der Waals surface area (Å²) in [5, 5.41) is 60.1. The van der Waals surface area contributed by atoms with Crippen LogP contribution in [0.25, 0.3) is 22.6 Å². The molecule has 0 spiro atoms. The van der Waals surface area contributed by atoms with Gasteiger partial charge in [-0.3, -0.25) is 19.4 Å². The number of halogens is 1. The van der Waals surface area contributed by atoms with E-state index in [-0.39, 0.29) is 93.8 Å². The van der Waals surface area contributed by atoms with E-state index in [0.717, 1.165) is 11.1 Å². The fourth-order valence-electron chi connectivity index (χ4n) is 4.23. The standard InChI is InChI=1S/C17H20N4O6.C14H28N2O5.Ca.ClH.2H/c1-7-3-9-10(4-8(7)2)21(5-11(23)14(25)12(24)6-22)15-13(18-9)16(26)20-17(27)19-15;1-14(2,10-17)12(19)13(20)15-7-6-11(18)21-9-8-16(3,4)5;;;;/h3-4,11-12,14,22-25H,5-6H2,1-2H3,(H,20,26,27);12,17,19H,6-10H2,1-5H3;;1H;;/p+1/t11-,12+,14-;12-;;;;/m00..../s1. The van der Waals surface area contributed by atoms with Crippen LogP contribution in [0.15, 0.2) is 21.7 Å². The van der Waals surface area contributed by atoms with Crippen molar-refractivity contribution >= 4 is 73.1 Å². The van der Waals surface area contributed by atoms with Gasteiger partial charge in [0.05, 0.1) is 58.4 Å². The number of carbonyl (C=O) groups is 2. The number of amides is 1. The number of fused-ring (bicyclic) bond motifs is 2. The average Bonchev–Trinajstić information content (AvgIpc) is 3.00. The molecule has 17 nitrogen and oxygen atoms in total. The van der Waals surface area contributed by atoms with Crippen LogP contribution in [0.2, 0.25) is 0 Å². The first-order valence-corrected chi connectivity index (χ1v) is 15.3. The first kappa shape index (κ1) is 47.7. The van der Waals surface area contributed by atoms with Gasteiger partial charge in [-0.15, -0.1) is 12.4 Å². The van der Waals surface area contributed by atoms with Gasteiger partial charge in [0.2, 0.25) is 5.91 Å². The summed E-state index contributed by atoms with van der Waals surface area (Å²) >= 11 is 0. The zero-order valence-corrected chi connectivity index (χ0v) is 29.7. The molecule has 2 aliphatic heterocycles. The normalized spacial score (nSPS) is 13.9. The number of esters is 1. The van der Waals surface area contributed by atoms with Gasteiger partial charge in [0.1, 0.15) is 37.6 Å². The third kappa shape index (κ3) is 13.7. The predicted molar refractivity (Wildman–Crippen MR) is 190 cm³/mol. The molecule has 0 unspecified atom stereocenters. The molecule has 4 atom stereocenters. The fourth-order valence-corrected chi connectivity index (χ4v) is 4.23. The number of aromatic nitrogens is 4. The van der Waals surface area contributed by atoms with Gasteiger partial charge in [-0.2, -0.15) is 4.98 Å². The van der Waals surface area contributed by atoms with E-state index in [2.05, 4.69) is 20.3 Å². The molecule has 0 aromatic heterocycles. The number of likely N-dealkylation sites (N-methyl/N-ethyl adjacent to an activating group) is 1. The van der Waals surface area contributed by atoms with Crippen LogP contribution < -0.4 is 16.6 Å². The number of rotatable bonds is 14. The maximum absolute atomic E-state index is 12.2. The summed E-state index contributed by atoms with van der Waals surface area (Å²) in [6, 6.07) is 3.53. The number of hydrogen-bond acceptors (Lipinski definition) is 13. The Morgan fingerprint density at radius 3 is 2.18 bits per heavy atom. The van der Waals surface area contributed by atoms with Crippen molar-refractivity contribution in [3.05, 3.63) is 44.1 Å². The Morgan fingerprint density at radius 2 is 1.62 bits per heavy atom. The van der Waals surface area contributed by atoms with Crippen molar-refractivity contribution < 1.29 is 49.4 Å². The molecule has 19 heteroatoms. The number of ether oxygens (including phenoxy) is 1. The number of quaternary nitrogens is 1. The van der Waals surface area contributed by atoms with E-state index < -0.39 is 53.6 Å². The van der Waals surface area contributed by atoms with E-state index in [1.165, 1.54) is 4.57 Å². The molecular weight excluding hydrogens is 708 g/mol. The molecule has 0 aliphatic carbocycles. The molecule has 0 bridgehead atoms. The number of aromatic amines is 1. The third-order valence-electron chi connectivity index (χ3n) is 7.62. The van der Waals surface area contributed by atoms with E-state index in [9.17, 15) is 39.6 Å². The fraction of sp³-hybridized carbons (Fsp3) is 0.613. The van der Waals surface area contributed by atoms with Crippen LogP contribution in [0.4, 0.5) is 0 Å². The molecule has 0 radical (unpaired) electrons. The Balaban J connectivity index is 0.000000956. The van der Waals surface area contributed by atoms with Gasteiger partial charge in [-0.05, 0) is 37.1 Å². The molecule has 2 heterocycles. The number of benzene rings is 1. The minimum atomic E-state index is -1.64. The Labute approximate surface area is 325 Å². The van der Waals surface area contributed by atoms with E-state index in [4.69, 9.17) is 14.9 Å². The van der Waals surface area contributed by atoms with Gasteiger partial charge in [-0.25, -0.2) is 9.78 Å². The molecule has 0 saturated heterocycles. The van der Waals surface area contributed by atoms with E-state index in [0.29, 0.717) is 28.7 Å². The maximum atomic E-state index is 12.2. The van der Waals surface area contributed by atoms with Gasteiger partial charge >= 0.3 is 49.4 Å². The minimum absolute atomic E-state index is 0. The van der Waals surface area contributed by atoms with Gasteiger partial charge in [0, 0.05) is 12.0 Å². The second-order valence-electron chi connectivity index (χ2n) is 13.3. The number of aliphatic hydroxyl groups is 6. The van der Waals surface area contributed by atoms with E-state index >= 15 is 0 Å². The number of hydrogen-bond donors (Lipinski definition) is 8. The Kier molecular flexibility index (Phi) is 19.7. The summed E-state index contributed by atoms with van der Waals surface area (Å²) in [5.41, 5.74) is 0.191. The Morgan fingerprint density at radius 1 is 1.02 bits per heavy atom. The van der Waals surface area contributed by atoms with Gasteiger partial charge < -0.3 is 49.7 Å². The molecule has 2 aliphatic rings. The zero-order chi connectivity index (χ0) is 36.6.